The molecule has 0 aliphatic heterocycles. The van der Waals surface area contributed by atoms with Gasteiger partial charge in [-0.15, -0.1) is 11.8 Å². The van der Waals surface area contributed by atoms with E-state index in [-0.39, 0.29) is 0 Å². The number of benzene rings is 1. The minimum atomic E-state index is -0.914. The summed E-state index contributed by atoms with van der Waals surface area (Å²) in [6, 6.07) is 7.67. The number of rotatable bonds is 4. The molecular formula is C14H16N2O2S. The molecule has 100 valence electrons. The van der Waals surface area contributed by atoms with Crippen molar-refractivity contribution in [3.05, 3.63) is 23.8 Å². The Labute approximate surface area is 116 Å². The molecule has 0 atom stereocenters. The Morgan fingerprint density at radius 3 is 2.68 bits per heavy atom. The first-order valence-electron chi connectivity index (χ1n) is 6.21. The van der Waals surface area contributed by atoms with Crippen LogP contribution in [-0.2, 0) is 4.79 Å². The van der Waals surface area contributed by atoms with E-state index in [1.54, 1.807) is 6.07 Å². The Hall–Kier alpha value is -1.67. The van der Waals surface area contributed by atoms with Crippen LogP contribution in [0.15, 0.2) is 23.1 Å². The summed E-state index contributed by atoms with van der Waals surface area (Å²) >= 11 is 1.49. The highest BCUT2D eigenvalue weighted by atomic mass is 32.2. The fourth-order valence-electron chi connectivity index (χ4n) is 2.55. The number of carboxylic acid groups (broad SMARTS) is 1. The van der Waals surface area contributed by atoms with Crippen LogP contribution in [0.1, 0.15) is 31.2 Å². The zero-order valence-electron chi connectivity index (χ0n) is 10.8. The van der Waals surface area contributed by atoms with E-state index in [1.165, 1.54) is 11.8 Å². The van der Waals surface area contributed by atoms with E-state index >= 15 is 0 Å². The summed E-state index contributed by atoms with van der Waals surface area (Å²) in [4.78, 5) is 12.4. The SMILES string of the molecule is CSc1cccc(NC2(C(=O)O)CCCC2)c1C#N. The van der Waals surface area contributed by atoms with Gasteiger partial charge in [0.15, 0.2) is 0 Å². The van der Waals surface area contributed by atoms with E-state index in [1.807, 2.05) is 18.4 Å². The lowest BCUT2D eigenvalue weighted by atomic mass is 9.96. The lowest BCUT2D eigenvalue weighted by Gasteiger charge is -2.27. The van der Waals surface area contributed by atoms with Crippen molar-refractivity contribution in [1.82, 2.24) is 0 Å². The summed E-state index contributed by atoms with van der Waals surface area (Å²) in [6.45, 7) is 0. The van der Waals surface area contributed by atoms with Crippen LogP contribution in [0, 0.1) is 11.3 Å². The molecule has 2 rings (SSSR count). The average Bonchev–Trinajstić information content (AvgIpc) is 2.88. The molecule has 1 aromatic carbocycles. The van der Waals surface area contributed by atoms with Crippen LogP contribution < -0.4 is 5.32 Å². The summed E-state index contributed by atoms with van der Waals surface area (Å²) in [5, 5.41) is 21.9. The first-order valence-corrected chi connectivity index (χ1v) is 7.44. The molecule has 0 bridgehead atoms. The summed E-state index contributed by atoms with van der Waals surface area (Å²) in [5.41, 5.74) is 0.240. The van der Waals surface area contributed by atoms with Crippen molar-refractivity contribution >= 4 is 23.4 Å². The smallest absolute Gasteiger partial charge is 0.329 e. The van der Waals surface area contributed by atoms with Crippen LogP contribution in [-0.4, -0.2) is 22.9 Å². The highest BCUT2D eigenvalue weighted by Gasteiger charge is 2.41. The molecule has 0 spiro atoms. The normalized spacial score (nSPS) is 16.8. The number of carboxylic acids is 1. The van der Waals surface area contributed by atoms with E-state index in [0.717, 1.165) is 17.7 Å². The van der Waals surface area contributed by atoms with Gasteiger partial charge < -0.3 is 10.4 Å². The van der Waals surface area contributed by atoms with E-state index in [2.05, 4.69) is 11.4 Å². The quantitative estimate of drug-likeness (QED) is 0.827. The van der Waals surface area contributed by atoms with Crippen molar-refractivity contribution in [2.24, 2.45) is 0 Å². The maximum Gasteiger partial charge on any atom is 0.329 e. The van der Waals surface area contributed by atoms with Crippen molar-refractivity contribution in [2.45, 2.75) is 36.1 Å². The zero-order valence-corrected chi connectivity index (χ0v) is 11.6. The van der Waals surface area contributed by atoms with E-state index < -0.39 is 11.5 Å². The molecule has 0 amide bonds. The third-order valence-electron chi connectivity index (χ3n) is 3.60. The Kier molecular flexibility index (Phi) is 4.01. The molecule has 2 N–H and O–H groups in total. The van der Waals surface area contributed by atoms with Crippen molar-refractivity contribution < 1.29 is 9.90 Å². The molecule has 0 aromatic heterocycles. The molecule has 1 fully saturated rings. The van der Waals surface area contributed by atoms with Crippen LogP contribution in [0.25, 0.3) is 0 Å². The molecule has 1 saturated carbocycles. The van der Waals surface area contributed by atoms with E-state index in [0.29, 0.717) is 24.1 Å². The van der Waals surface area contributed by atoms with Crippen LogP contribution in [0.4, 0.5) is 5.69 Å². The van der Waals surface area contributed by atoms with Crippen molar-refractivity contribution in [3.8, 4) is 6.07 Å². The molecule has 1 aromatic rings. The largest absolute Gasteiger partial charge is 0.480 e. The van der Waals surface area contributed by atoms with Gasteiger partial charge in [-0.2, -0.15) is 5.26 Å². The maximum absolute atomic E-state index is 11.5. The summed E-state index contributed by atoms with van der Waals surface area (Å²) in [5.74, 6) is -0.830. The van der Waals surface area contributed by atoms with Gasteiger partial charge in [0.1, 0.15) is 11.6 Å². The number of thioether (sulfide) groups is 1. The third kappa shape index (κ3) is 2.54. The first kappa shape index (κ1) is 13.8. The van der Waals surface area contributed by atoms with Gasteiger partial charge in [-0.3, -0.25) is 0 Å². The van der Waals surface area contributed by atoms with Crippen molar-refractivity contribution in [2.75, 3.05) is 11.6 Å². The van der Waals surface area contributed by atoms with E-state index in [9.17, 15) is 15.2 Å². The number of aliphatic carboxylic acids is 1. The molecule has 1 aliphatic carbocycles. The maximum atomic E-state index is 11.5. The van der Waals surface area contributed by atoms with Gasteiger partial charge in [-0.05, 0) is 31.2 Å². The van der Waals surface area contributed by atoms with Crippen LogP contribution >= 0.6 is 11.8 Å². The number of nitriles is 1. The second-order valence-electron chi connectivity index (χ2n) is 4.71. The van der Waals surface area contributed by atoms with Crippen LogP contribution in [0.3, 0.4) is 0 Å². The van der Waals surface area contributed by atoms with Gasteiger partial charge in [-0.25, -0.2) is 4.79 Å². The number of nitrogens with one attached hydrogen (secondary N) is 1. The molecule has 0 saturated heterocycles. The van der Waals surface area contributed by atoms with Gasteiger partial charge in [0.25, 0.3) is 0 Å². The second-order valence-corrected chi connectivity index (χ2v) is 5.56. The molecule has 0 unspecified atom stereocenters. The molecular weight excluding hydrogens is 260 g/mol. The first-order chi connectivity index (χ1) is 9.13. The molecule has 0 heterocycles. The Morgan fingerprint density at radius 1 is 1.47 bits per heavy atom. The number of hydrogen-bond donors (Lipinski definition) is 2. The van der Waals surface area contributed by atoms with Gasteiger partial charge in [0.2, 0.25) is 0 Å². The van der Waals surface area contributed by atoms with Crippen LogP contribution in [0.2, 0.25) is 0 Å². The fourth-order valence-corrected chi connectivity index (χ4v) is 3.12. The van der Waals surface area contributed by atoms with Crippen molar-refractivity contribution in [3.63, 3.8) is 0 Å². The van der Waals surface area contributed by atoms with Crippen LogP contribution in [0.5, 0.6) is 0 Å². The van der Waals surface area contributed by atoms with Crippen molar-refractivity contribution in [1.29, 1.82) is 5.26 Å². The monoisotopic (exact) mass is 276 g/mol. The lowest BCUT2D eigenvalue weighted by Crippen LogP contribution is -2.43. The topological polar surface area (TPSA) is 73.1 Å². The summed E-state index contributed by atoms with van der Waals surface area (Å²) in [6.07, 6.45) is 4.93. The number of carbonyl (C=O) groups is 1. The Balaban J connectivity index is 2.38. The third-order valence-corrected chi connectivity index (χ3v) is 4.38. The second kappa shape index (κ2) is 5.54. The van der Waals surface area contributed by atoms with Gasteiger partial charge in [0, 0.05) is 4.90 Å². The zero-order chi connectivity index (χ0) is 13.9. The molecule has 5 heteroatoms. The number of anilines is 1. The predicted octanol–water partition coefficient (Wildman–Crippen LogP) is 3.09. The molecule has 0 radical (unpaired) electrons. The van der Waals surface area contributed by atoms with Gasteiger partial charge in [-0.1, -0.05) is 18.9 Å². The van der Waals surface area contributed by atoms with Gasteiger partial charge >= 0.3 is 5.97 Å². The summed E-state index contributed by atoms with van der Waals surface area (Å²) in [7, 11) is 0. The molecule has 4 nitrogen and oxygen atoms in total. The fraction of sp³-hybridized carbons (Fsp3) is 0.429. The van der Waals surface area contributed by atoms with E-state index in [4.69, 9.17) is 0 Å². The number of nitrogens with zero attached hydrogens (tertiary/aromatic N) is 1. The standard InChI is InChI=1S/C14H16N2O2S/c1-19-12-6-4-5-11(10(12)9-15)16-14(13(17)18)7-2-3-8-14/h4-6,16H,2-3,7-8H2,1H3,(H,17,18). The highest BCUT2D eigenvalue weighted by molar-refractivity contribution is 7.98. The Bertz CT molecular complexity index is 531. The summed E-state index contributed by atoms with van der Waals surface area (Å²) < 4.78 is 0. The highest BCUT2D eigenvalue weighted by Crippen LogP contribution is 2.36. The molecule has 1 aliphatic rings. The average molecular weight is 276 g/mol. The lowest BCUT2D eigenvalue weighted by molar-refractivity contribution is -0.142. The minimum absolute atomic E-state index is 0.530. The minimum Gasteiger partial charge on any atom is -0.480 e. The number of hydrogen-bond acceptors (Lipinski definition) is 4. The Morgan fingerprint density at radius 2 is 2.16 bits per heavy atom. The van der Waals surface area contributed by atoms with Gasteiger partial charge in [0.05, 0.1) is 11.3 Å². The molecule has 19 heavy (non-hydrogen) atoms. The predicted molar refractivity (Wildman–Crippen MR) is 75.4 cm³/mol.